The SMILES string of the molecule is Cc1cccn(Cc2ccc(Br)cc2[N+](=O)[O-])c1=O. The molecule has 0 aliphatic heterocycles. The van der Waals surface area contributed by atoms with Crippen LogP contribution in [-0.2, 0) is 6.54 Å². The normalized spacial score (nSPS) is 10.4. The van der Waals surface area contributed by atoms with E-state index in [2.05, 4.69) is 15.9 Å². The molecule has 1 aromatic heterocycles. The van der Waals surface area contributed by atoms with E-state index in [0.717, 1.165) is 0 Å². The monoisotopic (exact) mass is 322 g/mol. The van der Waals surface area contributed by atoms with E-state index < -0.39 is 4.92 Å². The van der Waals surface area contributed by atoms with Crippen molar-refractivity contribution in [1.82, 2.24) is 4.57 Å². The third kappa shape index (κ3) is 2.90. The number of nitrogens with zero attached hydrogens (tertiary/aromatic N) is 2. The molecule has 0 amide bonds. The largest absolute Gasteiger partial charge is 0.311 e. The first-order chi connectivity index (χ1) is 8.99. The molecule has 6 heteroatoms. The van der Waals surface area contributed by atoms with Gasteiger partial charge in [-0.05, 0) is 25.1 Å². The highest BCUT2D eigenvalue weighted by Gasteiger charge is 2.14. The average Bonchev–Trinajstić information content (AvgIpc) is 2.36. The Morgan fingerprint density at radius 3 is 2.79 bits per heavy atom. The van der Waals surface area contributed by atoms with Crippen LogP contribution in [0, 0.1) is 17.0 Å². The Morgan fingerprint density at radius 1 is 1.37 bits per heavy atom. The summed E-state index contributed by atoms with van der Waals surface area (Å²) in [5, 5.41) is 11.0. The van der Waals surface area contributed by atoms with Crippen LogP contribution in [0.1, 0.15) is 11.1 Å². The minimum atomic E-state index is -0.444. The molecule has 1 heterocycles. The van der Waals surface area contributed by atoms with E-state index >= 15 is 0 Å². The predicted octanol–water partition coefficient (Wildman–Crippen LogP) is 2.88. The van der Waals surface area contributed by atoms with Gasteiger partial charge >= 0.3 is 0 Å². The summed E-state index contributed by atoms with van der Waals surface area (Å²) < 4.78 is 2.10. The van der Waals surface area contributed by atoms with E-state index in [1.54, 1.807) is 37.4 Å². The predicted molar refractivity (Wildman–Crippen MR) is 75.3 cm³/mol. The van der Waals surface area contributed by atoms with Crippen molar-refractivity contribution in [1.29, 1.82) is 0 Å². The summed E-state index contributed by atoms with van der Waals surface area (Å²) in [4.78, 5) is 22.5. The van der Waals surface area contributed by atoms with Gasteiger partial charge in [-0.2, -0.15) is 0 Å². The first-order valence-electron chi connectivity index (χ1n) is 5.58. The number of nitro groups is 1. The van der Waals surface area contributed by atoms with Gasteiger partial charge in [-0.25, -0.2) is 0 Å². The molecule has 0 saturated heterocycles. The lowest BCUT2D eigenvalue weighted by molar-refractivity contribution is -0.385. The fraction of sp³-hybridized carbons (Fsp3) is 0.154. The van der Waals surface area contributed by atoms with E-state index in [9.17, 15) is 14.9 Å². The Balaban J connectivity index is 2.47. The third-order valence-corrected chi connectivity index (χ3v) is 3.29. The highest BCUT2D eigenvalue weighted by Crippen LogP contribution is 2.23. The van der Waals surface area contributed by atoms with Gasteiger partial charge in [0.05, 0.1) is 11.5 Å². The van der Waals surface area contributed by atoms with Crippen LogP contribution in [0.2, 0.25) is 0 Å². The van der Waals surface area contributed by atoms with E-state index in [1.807, 2.05) is 0 Å². The lowest BCUT2D eigenvalue weighted by Crippen LogP contribution is -2.22. The van der Waals surface area contributed by atoms with Gasteiger partial charge in [0.25, 0.3) is 11.2 Å². The maximum atomic E-state index is 11.9. The summed E-state index contributed by atoms with van der Waals surface area (Å²) in [5.74, 6) is 0. The van der Waals surface area contributed by atoms with Gasteiger partial charge in [0.15, 0.2) is 0 Å². The minimum absolute atomic E-state index is 0.00258. The van der Waals surface area contributed by atoms with Gasteiger partial charge in [0.1, 0.15) is 0 Å². The van der Waals surface area contributed by atoms with Crippen LogP contribution < -0.4 is 5.56 Å². The van der Waals surface area contributed by atoms with Crippen LogP contribution in [0.15, 0.2) is 45.8 Å². The minimum Gasteiger partial charge on any atom is -0.311 e. The van der Waals surface area contributed by atoms with Crippen molar-refractivity contribution < 1.29 is 4.92 Å². The second-order valence-electron chi connectivity index (χ2n) is 4.15. The van der Waals surface area contributed by atoms with E-state index in [4.69, 9.17) is 0 Å². The van der Waals surface area contributed by atoms with Gasteiger partial charge in [-0.1, -0.05) is 22.0 Å². The smallest absolute Gasteiger partial charge is 0.275 e. The molecule has 5 nitrogen and oxygen atoms in total. The van der Waals surface area contributed by atoms with Crippen molar-refractivity contribution in [2.45, 2.75) is 13.5 Å². The van der Waals surface area contributed by atoms with Crippen LogP contribution >= 0.6 is 15.9 Å². The van der Waals surface area contributed by atoms with Gasteiger partial charge < -0.3 is 4.57 Å². The van der Waals surface area contributed by atoms with Crippen molar-refractivity contribution in [3.05, 3.63) is 72.6 Å². The highest BCUT2D eigenvalue weighted by atomic mass is 79.9. The zero-order chi connectivity index (χ0) is 14.0. The number of benzene rings is 1. The number of aryl methyl sites for hydroxylation is 1. The van der Waals surface area contributed by atoms with Crippen molar-refractivity contribution in [2.24, 2.45) is 0 Å². The Kier molecular flexibility index (Phi) is 3.80. The number of hydrogen-bond acceptors (Lipinski definition) is 3. The molecule has 0 bridgehead atoms. The molecule has 19 heavy (non-hydrogen) atoms. The number of aromatic nitrogens is 1. The van der Waals surface area contributed by atoms with E-state index in [0.29, 0.717) is 15.6 Å². The lowest BCUT2D eigenvalue weighted by Gasteiger charge is -2.07. The second-order valence-corrected chi connectivity index (χ2v) is 5.07. The Morgan fingerprint density at radius 2 is 2.11 bits per heavy atom. The molecule has 0 saturated carbocycles. The van der Waals surface area contributed by atoms with Crippen molar-refractivity contribution in [3.8, 4) is 0 Å². The summed E-state index contributed by atoms with van der Waals surface area (Å²) in [7, 11) is 0. The topological polar surface area (TPSA) is 65.1 Å². The maximum Gasteiger partial charge on any atom is 0.275 e. The van der Waals surface area contributed by atoms with Crippen LogP contribution in [0.4, 0.5) is 5.69 Å². The van der Waals surface area contributed by atoms with Gasteiger partial charge in [-0.3, -0.25) is 14.9 Å². The molecule has 0 aliphatic carbocycles. The van der Waals surface area contributed by atoms with E-state index in [1.165, 1.54) is 10.6 Å². The van der Waals surface area contributed by atoms with Gasteiger partial charge in [0, 0.05) is 27.9 Å². The lowest BCUT2D eigenvalue weighted by atomic mass is 10.1. The molecule has 1 aromatic carbocycles. The Hall–Kier alpha value is -1.95. The first-order valence-corrected chi connectivity index (χ1v) is 6.37. The van der Waals surface area contributed by atoms with Crippen LogP contribution in [0.3, 0.4) is 0 Å². The number of nitro benzene ring substituents is 1. The molecule has 0 fully saturated rings. The third-order valence-electron chi connectivity index (χ3n) is 2.80. The Labute approximate surface area is 117 Å². The first kappa shape index (κ1) is 13.5. The van der Waals surface area contributed by atoms with Crippen molar-refractivity contribution in [3.63, 3.8) is 0 Å². The molecule has 0 unspecified atom stereocenters. The quantitative estimate of drug-likeness (QED) is 0.644. The summed E-state index contributed by atoms with van der Waals surface area (Å²) in [6, 6.07) is 8.28. The number of rotatable bonds is 3. The molecule has 2 rings (SSSR count). The van der Waals surface area contributed by atoms with Crippen LogP contribution in [0.25, 0.3) is 0 Å². The fourth-order valence-corrected chi connectivity index (χ4v) is 2.15. The molecule has 98 valence electrons. The summed E-state index contributed by atoms with van der Waals surface area (Å²) in [6.07, 6.45) is 1.63. The molecule has 0 N–H and O–H groups in total. The van der Waals surface area contributed by atoms with E-state index in [-0.39, 0.29) is 17.8 Å². The van der Waals surface area contributed by atoms with Gasteiger partial charge in [-0.15, -0.1) is 0 Å². The highest BCUT2D eigenvalue weighted by molar-refractivity contribution is 9.10. The molecule has 0 atom stereocenters. The average molecular weight is 323 g/mol. The molecule has 0 spiro atoms. The van der Waals surface area contributed by atoms with Gasteiger partial charge in [0.2, 0.25) is 0 Å². The van der Waals surface area contributed by atoms with Crippen molar-refractivity contribution >= 4 is 21.6 Å². The Bertz CT molecular complexity index is 695. The zero-order valence-corrected chi connectivity index (χ0v) is 11.8. The van der Waals surface area contributed by atoms with Crippen LogP contribution in [0.5, 0.6) is 0 Å². The second kappa shape index (κ2) is 5.36. The molecular formula is C13H11BrN2O3. The standard InChI is InChI=1S/C13H11BrN2O3/c1-9-3-2-6-15(13(9)17)8-10-4-5-11(14)7-12(10)16(18)19/h2-7H,8H2,1H3. The maximum absolute atomic E-state index is 11.9. The van der Waals surface area contributed by atoms with Crippen LogP contribution in [-0.4, -0.2) is 9.49 Å². The zero-order valence-electron chi connectivity index (χ0n) is 10.2. The summed E-state index contributed by atoms with van der Waals surface area (Å²) >= 11 is 3.20. The number of hydrogen-bond donors (Lipinski definition) is 0. The number of pyridine rings is 1. The molecule has 0 radical (unpaired) electrons. The fourth-order valence-electron chi connectivity index (χ4n) is 1.81. The molecule has 2 aromatic rings. The molecule has 0 aliphatic rings. The number of halogens is 1. The molecular weight excluding hydrogens is 312 g/mol. The summed E-state index contributed by atoms with van der Waals surface area (Å²) in [5.41, 5.74) is 0.977. The van der Waals surface area contributed by atoms with Crippen molar-refractivity contribution in [2.75, 3.05) is 0 Å². The summed E-state index contributed by atoms with van der Waals surface area (Å²) in [6.45, 7) is 1.90.